The number of methoxy groups -OCH3 is 2. The lowest BCUT2D eigenvalue weighted by Crippen LogP contribution is -2.49. The summed E-state index contributed by atoms with van der Waals surface area (Å²) < 4.78 is 16.9. The summed E-state index contributed by atoms with van der Waals surface area (Å²) in [5.74, 6) is 1.66. The number of hydrogen-bond donors (Lipinski definition) is 3. The number of aliphatic hydroxyl groups is 1. The van der Waals surface area contributed by atoms with Crippen molar-refractivity contribution in [2.45, 2.75) is 32.5 Å². The van der Waals surface area contributed by atoms with Gasteiger partial charge in [0.05, 0.1) is 32.4 Å². The normalized spacial score (nSPS) is 17.4. The van der Waals surface area contributed by atoms with Crippen molar-refractivity contribution in [2.24, 2.45) is 5.92 Å². The smallest absolute Gasteiger partial charge is 0.323 e. The molecular weight excluding hydrogens is 536 g/mol. The number of fused-ring (bicyclic) bond motifs is 1. The molecule has 224 valence electrons. The molecule has 0 aromatic heterocycles. The van der Waals surface area contributed by atoms with Gasteiger partial charge in [-0.05, 0) is 74.1 Å². The average Bonchev–Trinajstić information content (AvgIpc) is 2.99. The third kappa shape index (κ3) is 7.71. The maximum Gasteiger partial charge on any atom is 0.323 e. The fraction of sp³-hybridized carbons (Fsp3) is 0.375. The van der Waals surface area contributed by atoms with Crippen molar-refractivity contribution in [3.05, 3.63) is 77.9 Å². The largest absolute Gasteiger partial charge is 0.497 e. The van der Waals surface area contributed by atoms with Gasteiger partial charge in [0.2, 0.25) is 0 Å². The number of hydrogen-bond acceptors (Lipinski definition) is 7. The first kappa shape index (κ1) is 30.7. The number of nitrogens with zero attached hydrogens (tertiary/aromatic N) is 2. The Kier molecular flexibility index (Phi) is 10.3. The van der Waals surface area contributed by atoms with Gasteiger partial charge in [-0.3, -0.25) is 9.69 Å². The van der Waals surface area contributed by atoms with Crippen LogP contribution in [0.5, 0.6) is 17.2 Å². The Morgan fingerprint density at radius 2 is 1.62 bits per heavy atom. The fourth-order valence-electron chi connectivity index (χ4n) is 4.90. The van der Waals surface area contributed by atoms with Gasteiger partial charge in [0, 0.05) is 36.9 Å². The highest BCUT2D eigenvalue weighted by Gasteiger charge is 2.33. The van der Waals surface area contributed by atoms with E-state index in [4.69, 9.17) is 14.2 Å². The SMILES string of the molecule is COc1ccc(CN(C)C[C@H]2Oc3ccc(NC(=O)Nc4ccc(OC)cc4)cc3C(=O)N([C@@H](C)CO)C[C@H]2C)cc1. The molecule has 1 aliphatic rings. The third-order valence-corrected chi connectivity index (χ3v) is 7.37. The minimum atomic E-state index is -0.452. The number of likely N-dealkylation sites (N-methyl/N-ethyl adjacent to an activating group) is 1. The van der Waals surface area contributed by atoms with Crippen molar-refractivity contribution < 1.29 is 28.9 Å². The van der Waals surface area contributed by atoms with Crippen LogP contribution in [0.25, 0.3) is 0 Å². The summed E-state index contributed by atoms with van der Waals surface area (Å²) in [5, 5.41) is 15.5. The summed E-state index contributed by atoms with van der Waals surface area (Å²) in [7, 11) is 5.26. The van der Waals surface area contributed by atoms with E-state index in [0.717, 1.165) is 11.3 Å². The molecule has 0 saturated heterocycles. The first-order chi connectivity index (χ1) is 20.2. The predicted octanol–water partition coefficient (Wildman–Crippen LogP) is 4.70. The predicted molar refractivity (Wildman–Crippen MR) is 163 cm³/mol. The molecule has 10 nitrogen and oxygen atoms in total. The number of urea groups is 1. The molecule has 42 heavy (non-hydrogen) atoms. The molecule has 3 atom stereocenters. The molecule has 3 aromatic carbocycles. The molecule has 3 aromatic rings. The van der Waals surface area contributed by atoms with E-state index in [2.05, 4.69) is 22.5 Å². The van der Waals surface area contributed by atoms with Crippen LogP contribution in [0.1, 0.15) is 29.8 Å². The van der Waals surface area contributed by atoms with Crippen molar-refractivity contribution in [1.29, 1.82) is 0 Å². The van der Waals surface area contributed by atoms with Crippen molar-refractivity contribution in [1.82, 2.24) is 9.80 Å². The highest BCUT2D eigenvalue weighted by molar-refractivity contribution is 6.02. The molecule has 0 spiro atoms. The molecule has 3 amide bonds. The number of amides is 3. The second-order valence-electron chi connectivity index (χ2n) is 10.7. The van der Waals surface area contributed by atoms with E-state index in [9.17, 15) is 14.7 Å². The molecule has 0 bridgehead atoms. The van der Waals surface area contributed by atoms with E-state index in [-0.39, 0.29) is 24.5 Å². The van der Waals surface area contributed by atoms with Crippen LogP contribution in [0.15, 0.2) is 66.7 Å². The van der Waals surface area contributed by atoms with Crippen LogP contribution in [0, 0.1) is 5.92 Å². The molecular formula is C32H40N4O6. The Bertz CT molecular complexity index is 1350. The Morgan fingerprint density at radius 1 is 1.02 bits per heavy atom. The van der Waals surface area contributed by atoms with E-state index < -0.39 is 12.1 Å². The van der Waals surface area contributed by atoms with E-state index in [1.807, 2.05) is 38.2 Å². The Labute approximate surface area is 247 Å². The molecule has 0 radical (unpaired) electrons. The summed E-state index contributed by atoms with van der Waals surface area (Å²) in [4.78, 5) is 30.3. The lowest BCUT2D eigenvalue weighted by molar-refractivity contribution is 0.0341. The van der Waals surface area contributed by atoms with Gasteiger partial charge in [-0.1, -0.05) is 19.1 Å². The zero-order valence-corrected chi connectivity index (χ0v) is 24.8. The molecule has 1 heterocycles. The van der Waals surface area contributed by atoms with Gasteiger partial charge in [-0.2, -0.15) is 0 Å². The lowest BCUT2D eigenvalue weighted by atomic mass is 9.99. The highest BCUT2D eigenvalue weighted by Crippen LogP contribution is 2.31. The number of nitrogens with one attached hydrogen (secondary N) is 2. The summed E-state index contributed by atoms with van der Waals surface area (Å²) >= 11 is 0. The number of carbonyl (C=O) groups excluding carboxylic acids is 2. The quantitative estimate of drug-likeness (QED) is 0.321. The number of anilines is 2. The van der Waals surface area contributed by atoms with Crippen molar-refractivity contribution >= 4 is 23.3 Å². The van der Waals surface area contributed by atoms with E-state index in [0.29, 0.717) is 48.1 Å². The summed E-state index contributed by atoms with van der Waals surface area (Å²) in [5.41, 5.74) is 2.51. The van der Waals surface area contributed by atoms with Gasteiger partial charge in [0.15, 0.2) is 0 Å². The Balaban J connectivity index is 1.53. The highest BCUT2D eigenvalue weighted by atomic mass is 16.5. The summed E-state index contributed by atoms with van der Waals surface area (Å²) in [6.45, 7) is 5.45. The van der Waals surface area contributed by atoms with E-state index in [1.54, 1.807) is 61.6 Å². The van der Waals surface area contributed by atoms with E-state index >= 15 is 0 Å². The summed E-state index contributed by atoms with van der Waals surface area (Å²) in [6.07, 6.45) is -0.231. The molecule has 10 heteroatoms. The van der Waals surface area contributed by atoms with Gasteiger partial charge in [-0.25, -0.2) is 4.79 Å². The second kappa shape index (κ2) is 14.1. The number of rotatable bonds is 10. The monoisotopic (exact) mass is 576 g/mol. The minimum absolute atomic E-state index is 0.0116. The molecule has 0 fully saturated rings. The molecule has 1 aliphatic heterocycles. The van der Waals surface area contributed by atoms with Gasteiger partial charge in [0.25, 0.3) is 5.91 Å². The number of aliphatic hydroxyl groups excluding tert-OH is 1. The van der Waals surface area contributed by atoms with Gasteiger partial charge >= 0.3 is 6.03 Å². The van der Waals surface area contributed by atoms with Crippen molar-refractivity contribution in [3.8, 4) is 17.2 Å². The van der Waals surface area contributed by atoms with Crippen LogP contribution >= 0.6 is 0 Å². The van der Waals surface area contributed by atoms with Crippen LogP contribution < -0.4 is 24.8 Å². The van der Waals surface area contributed by atoms with Crippen LogP contribution in [0.2, 0.25) is 0 Å². The third-order valence-electron chi connectivity index (χ3n) is 7.37. The standard InChI is InChI=1S/C32H40N4O6/c1-21-17-36(22(2)20-37)31(38)28-16-25(34-32(39)33-24-8-13-27(41-5)14-9-24)10-15-29(28)42-30(21)19-35(3)18-23-6-11-26(40-4)12-7-23/h6-16,21-22,30,37H,17-20H2,1-5H3,(H2,33,34,39)/t21-,22+,30-/m1/s1. The number of benzene rings is 3. The van der Waals surface area contributed by atoms with Gasteiger partial charge < -0.3 is 34.9 Å². The van der Waals surface area contributed by atoms with Crippen LogP contribution in [0.4, 0.5) is 16.2 Å². The topological polar surface area (TPSA) is 113 Å². The first-order valence-electron chi connectivity index (χ1n) is 14.0. The molecule has 0 saturated carbocycles. The number of ether oxygens (including phenoxy) is 3. The zero-order valence-electron chi connectivity index (χ0n) is 24.8. The van der Waals surface area contributed by atoms with Crippen molar-refractivity contribution in [2.75, 3.05) is 51.6 Å². The second-order valence-corrected chi connectivity index (χ2v) is 10.7. The number of carbonyl (C=O) groups is 2. The van der Waals surface area contributed by atoms with Crippen LogP contribution in [0.3, 0.4) is 0 Å². The van der Waals surface area contributed by atoms with Gasteiger partial charge in [0.1, 0.15) is 23.4 Å². The minimum Gasteiger partial charge on any atom is -0.497 e. The zero-order chi connectivity index (χ0) is 30.2. The molecule has 0 unspecified atom stereocenters. The maximum atomic E-state index is 13.7. The fourth-order valence-corrected chi connectivity index (χ4v) is 4.90. The van der Waals surface area contributed by atoms with Crippen molar-refractivity contribution in [3.63, 3.8) is 0 Å². The summed E-state index contributed by atoms with van der Waals surface area (Å²) in [6, 6.07) is 19.1. The Morgan fingerprint density at radius 3 is 2.24 bits per heavy atom. The average molecular weight is 577 g/mol. The molecule has 0 aliphatic carbocycles. The maximum absolute atomic E-state index is 13.7. The van der Waals surface area contributed by atoms with Gasteiger partial charge in [-0.15, -0.1) is 0 Å². The lowest BCUT2D eigenvalue weighted by Gasteiger charge is -2.38. The van der Waals surface area contributed by atoms with Crippen LogP contribution in [-0.2, 0) is 6.54 Å². The van der Waals surface area contributed by atoms with Crippen LogP contribution in [-0.4, -0.2) is 80.0 Å². The first-order valence-corrected chi connectivity index (χ1v) is 14.0. The molecule has 4 rings (SSSR count). The van der Waals surface area contributed by atoms with E-state index in [1.165, 1.54) is 0 Å². The molecule has 3 N–H and O–H groups in total. The Hall–Kier alpha value is -4.28.